The van der Waals surface area contributed by atoms with Gasteiger partial charge in [-0.15, -0.1) is 0 Å². The minimum atomic E-state index is -0.673. The molecular weight excluding hydrogens is 985 g/mol. The van der Waals surface area contributed by atoms with Gasteiger partial charge in [-0.05, 0) is 169 Å². The fourth-order valence-corrected chi connectivity index (χ4v) is 13.7. The van der Waals surface area contributed by atoms with E-state index in [1.54, 1.807) is 0 Å². The highest BCUT2D eigenvalue weighted by molar-refractivity contribution is 9.10. The van der Waals surface area contributed by atoms with Crippen molar-refractivity contribution in [1.29, 1.82) is 0 Å². The lowest BCUT2D eigenvalue weighted by Crippen LogP contribution is -2.34. The van der Waals surface area contributed by atoms with E-state index in [2.05, 4.69) is 273 Å². The van der Waals surface area contributed by atoms with Crippen LogP contribution in [0.25, 0.3) is 77.2 Å². The van der Waals surface area contributed by atoms with E-state index in [4.69, 9.17) is 15.9 Å². The summed E-state index contributed by atoms with van der Waals surface area (Å²) in [7, 11) is 0. The number of rotatable bonds is 2. The molecule has 8 aromatic carbocycles. The van der Waals surface area contributed by atoms with Crippen LogP contribution in [0.15, 0.2) is 144 Å². The molecule has 12 rings (SSSR count). The molecule has 2 nitrogen and oxygen atoms in total. The van der Waals surface area contributed by atoms with Crippen molar-refractivity contribution in [1.82, 2.24) is 9.13 Å². The summed E-state index contributed by atoms with van der Waals surface area (Å²) < 4.78 is 6.39. The van der Waals surface area contributed by atoms with Crippen LogP contribution in [0.1, 0.15) is 180 Å². The highest BCUT2D eigenvalue weighted by Gasteiger charge is 2.52. The largest absolute Gasteiger partial charge is 0.307 e. The third kappa shape index (κ3) is 7.37. The van der Waals surface area contributed by atoms with E-state index >= 15 is 0 Å². The summed E-state index contributed by atoms with van der Waals surface area (Å²) in [6, 6.07) is 55.9. The molecular formula is C73H77BrN2. The second kappa shape index (κ2) is 16.2. The van der Waals surface area contributed by atoms with Gasteiger partial charge in [0.15, 0.2) is 0 Å². The van der Waals surface area contributed by atoms with Gasteiger partial charge in [-0.1, -0.05) is 216 Å². The molecule has 1 aliphatic carbocycles. The molecule has 3 heteroatoms. The third-order valence-electron chi connectivity index (χ3n) is 17.5. The summed E-state index contributed by atoms with van der Waals surface area (Å²) in [5.41, 5.74) is 24.5. The van der Waals surface area contributed by atoms with Crippen molar-refractivity contribution in [2.45, 2.75) is 163 Å². The first kappa shape index (κ1) is 50.6. The molecule has 2 aliphatic rings. The SMILES string of the molecule is CC(C)(C)c1cc(-c2cc3c(c(Br)c2-n2c4ccc(C(C)(C)C)cc4c4cc(C(C)(C)C)ccc42)-n2c4ccc(C(C)(C)C)cc4c4cc(C(C)(C)C)cc(c42)C32c3ccccc3-c3ccccc32)cc(C(C)(C)C)c1. The first-order valence-corrected chi connectivity index (χ1v) is 28.7. The van der Waals surface area contributed by atoms with Gasteiger partial charge in [-0.3, -0.25) is 0 Å². The van der Waals surface area contributed by atoms with E-state index in [0.29, 0.717) is 0 Å². The van der Waals surface area contributed by atoms with E-state index in [0.717, 1.165) is 10.2 Å². The number of nitrogens with zero attached hydrogens (tertiary/aromatic N) is 2. The Hall–Kier alpha value is -6.16. The van der Waals surface area contributed by atoms with Crippen LogP contribution in [0, 0.1) is 0 Å². The number of hydrogen-bond donors (Lipinski definition) is 0. The lowest BCUT2D eigenvalue weighted by atomic mass is 9.64. The summed E-state index contributed by atoms with van der Waals surface area (Å²) in [6.45, 7) is 42.4. The van der Waals surface area contributed by atoms with E-state index < -0.39 is 5.41 Å². The average molecular weight is 1060 g/mol. The number of halogens is 1. The number of hydrogen-bond acceptors (Lipinski definition) is 0. The van der Waals surface area contributed by atoms with Crippen LogP contribution in [0.4, 0.5) is 0 Å². The molecule has 0 bridgehead atoms. The maximum absolute atomic E-state index is 4.77. The zero-order valence-electron chi connectivity index (χ0n) is 48.6. The Labute approximate surface area is 461 Å². The maximum Gasteiger partial charge on any atom is 0.0755 e. The molecule has 1 spiro atoms. The van der Waals surface area contributed by atoms with Crippen molar-refractivity contribution in [3.8, 4) is 33.6 Å². The Morgan fingerprint density at radius 3 is 1.13 bits per heavy atom. The number of benzene rings is 8. The molecule has 0 radical (unpaired) electrons. The van der Waals surface area contributed by atoms with Crippen LogP contribution in [0.2, 0.25) is 0 Å². The van der Waals surface area contributed by atoms with Crippen LogP contribution < -0.4 is 0 Å². The zero-order chi connectivity index (χ0) is 54.4. The fourth-order valence-electron chi connectivity index (χ4n) is 12.9. The van der Waals surface area contributed by atoms with Crippen molar-refractivity contribution >= 4 is 59.5 Å². The molecule has 0 fully saturated rings. The molecule has 0 atom stereocenters. The van der Waals surface area contributed by atoms with Crippen LogP contribution in [0.3, 0.4) is 0 Å². The van der Waals surface area contributed by atoms with Gasteiger partial charge in [-0.2, -0.15) is 0 Å². The van der Waals surface area contributed by atoms with Gasteiger partial charge >= 0.3 is 0 Å². The van der Waals surface area contributed by atoms with E-state index in [1.807, 2.05) is 0 Å². The second-order valence-electron chi connectivity index (χ2n) is 28.9. The smallest absolute Gasteiger partial charge is 0.0755 e. The summed E-state index contributed by atoms with van der Waals surface area (Å²) in [5, 5.41) is 5.16. The normalized spacial score (nSPS) is 14.6. The molecule has 2 aromatic heterocycles. The predicted molar refractivity (Wildman–Crippen MR) is 331 cm³/mol. The van der Waals surface area contributed by atoms with Crippen molar-refractivity contribution in [3.05, 3.63) is 200 Å². The van der Waals surface area contributed by atoms with Gasteiger partial charge in [-0.25, -0.2) is 0 Å². The zero-order valence-corrected chi connectivity index (χ0v) is 50.1. The van der Waals surface area contributed by atoms with E-state index in [1.165, 1.54) is 127 Å². The predicted octanol–water partition coefficient (Wildman–Crippen LogP) is 20.8. The Balaban J connectivity index is 1.37. The van der Waals surface area contributed by atoms with Gasteiger partial charge in [0, 0.05) is 27.1 Å². The first-order valence-electron chi connectivity index (χ1n) is 27.9. The Morgan fingerprint density at radius 2 is 0.697 bits per heavy atom. The van der Waals surface area contributed by atoms with E-state index in [9.17, 15) is 0 Å². The molecule has 386 valence electrons. The van der Waals surface area contributed by atoms with Crippen LogP contribution in [-0.4, -0.2) is 9.13 Å². The van der Waals surface area contributed by atoms with Gasteiger partial charge in [0.2, 0.25) is 0 Å². The highest BCUT2D eigenvalue weighted by atomic mass is 79.9. The van der Waals surface area contributed by atoms with Crippen LogP contribution in [-0.2, 0) is 37.9 Å². The maximum atomic E-state index is 4.77. The average Bonchev–Trinajstić information content (AvgIpc) is 4.17. The third-order valence-corrected chi connectivity index (χ3v) is 18.2. The lowest BCUT2D eigenvalue weighted by Gasteiger charge is -2.41. The minimum Gasteiger partial charge on any atom is -0.307 e. The Kier molecular flexibility index (Phi) is 10.8. The van der Waals surface area contributed by atoms with E-state index in [-0.39, 0.29) is 32.5 Å². The van der Waals surface area contributed by atoms with Gasteiger partial charge in [0.1, 0.15) is 0 Å². The number of aromatic nitrogens is 2. The summed E-state index contributed by atoms with van der Waals surface area (Å²) in [6.07, 6.45) is 0. The highest BCUT2D eigenvalue weighted by Crippen LogP contribution is 2.64. The Morgan fingerprint density at radius 1 is 0.316 bits per heavy atom. The molecule has 0 saturated heterocycles. The van der Waals surface area contributed by atoms with Crippen molar-refractivity contribution in [2.75, 3.05) is 0 Å². The molecule has 0 amide bonds. The van der Waals surface area contributed by atoms with Crippen molar-refractivity contribution in [2.24, 2.45) is 0 Å². The molecule has 3 heterocycles. The second-order valence-corrected chi connectivity index (χ2v) is 29.7. The van der Waals surface area contributed by atoms with Gasteiger partial charge < -0.3 is 9.13 Å². The molecule has 1 aliphatic heterocycles. The summed E-state index contributed by atoms with van der Waals surface area (Å²) in [5.74, 6) is 0. The summed E-state index contributed by atoms with van der Waals surface area (Å²) >= 11 is 4.77. The van der Waals surface area contributed by atoms with Crippen molar-refractivity contribution < 1.29 is 0 Å². The number of fused-ring (bicyclic) bond motifs is 15. The fraction of sp³-hybridized carbons (Fsp3) is 0.342. The topological polar surface area (TPSA) is 9.86 Å². The molecule has 76 heavy (non-hydrogen) atoms. The standard InChI is InChI=1S/C73H77BrN2/c1-67(2,3)43-27-30-60-52(36-43)53-37-44(68(4,5)6)28-31-61(53)75(60)65-51(42-33-46(70(10,11)12)35-47(34-42)71(13,14)15)41-59-66(63(65)74)76-62-32-29-45(69(7,8)9)38-54(62)55-39-48(72(16,17)18)40-58(64(55)76)73(59)56-25-21-19-23-49(56)50-24-20-22-26-57(50)73/h19-41H,1-18H3. The van der Waals surface area contributed by atoms with Crippen molar-refractivity contribution in [3.63, 3.8) is 0 Å². The van der Waals surface area contributed by atoms with Gasteiger partial charge in [0.05, 0.1) is 43.3 Å². The molecule has 0 N–H and O–H groups in total. The summed E-state index contributed by atoms with van der Waals surface area (Å²) in [4.78, 5) is 0. The lowest BCUT2D eigenvalue weighted by molar-refractivity contribution is 0.569. The quantitative estimate of drug-likeness (QED) is 0.163. The molecule has 0 unspecified atom stereocenters. The minimum absolute atomic E-state index is 0.0330. The van der Waals surface area contributed by atoms with Crippen LogP contribution >= 0.6 is 15.9 Å². The van der Waals surface area contributed by atoms with Crippen LogP contribution in [0.5, 0.6) is 0 Å². The molecule has 0 saturated carbocycles. The first-order chi connectivity index (χ1) is 35.4. The molecule has 10 aromatic rings. The van der Waals surface area contributed by atoms with Gasteiger partial charge in [0.25, 0.3) is 0 Å². The monoisotopic (exact) mass is 1060 g/mol. The Bertz CT molecular complexity index is 3950.